The summed E-state index contributed by atoms with van der Waals surface area (Å²) < 4.78 is 0. The van der Waals surface area contributed by atoms with E-state index in [1.54, 1.807) is 24.3 Å². The zero-order valence-electron chi connectivity index (χ0n) is 10.0. The summed E-state index contributed by atoms with van der Waals surface area (Å²) >= 11 is 11.8. The van der Waals surface area contributed by atoms with Crippen LogP contribution in [-0.2, 0) is 0 Å². The molecule has 1 amide bonds. The van der Waals surface area contributed by atoms with Crippen molar-refractivity contribution in [2.75, 3.05) is 5.43 Å². The maximum Gasteiger partial charge on any atom is 0.272 e. The molecule has 1 N–H and O–H groups in total. The number of aromatic nitrogens is 3. The standard InChI is InChI=1S/C13H8Cl2N4O/c14-8-5-6-9(10(15)7-8)13(20)17-19-12-4-2-1-3-11(12)16-18-19/h1-7H,(H,17,20). The number of carbonyl (C=O) groups is 1. The van der Waals surface area contributed by atoms with Crippen molar-refractivity contribution in [3.8, 4) is 0 Å². The number of nitrogens with zero attached hydrogens (tertiary/aromatic N) is 3. The highest BCUT2D eigenvalue weighted by molar-refractivity contribution is 6.37. The summed E-state index contributed by atoms with van der Waals surface area (Å²) in [6, 6.07) is 12.0. The first kappa shape index (κ1) is 12.9. The van der Waals surface area contributed by atoms with Gasteiger partial charge in [0.25, 0.3) is 5.91 Å². The molecule has 0 unspecified atom stereocenters. The van der Waals surface area contributed by atoms with Crippen molar-refractivity contribution in [2.45, 2.75) is 0 Å². The van der Waals surface area contributed by atoms with E-state index in [-0.39, 0.29) is 10.9 Å². The van der Waals surface area contributed by atoms with Gasteiger partial charge < -0.3 is 0 Å². The van der Waals surface area contributed by atoms with Gasteiger partial charge in [0.15, 0.2) is 0 Å². The number of hydrogen-bond acceptors (Lipinski definition) is 3. The summed E-state index contributed by atoms with van der Waals surface area (Å²) in [6.45, 7) is 0. The molecular weight excluding hydrogens is 299 g/mol. The van der Waals surface area contributed by atoms with Crippen LogP contribution in [0.2, 0.25) is 10.0 Å². The van der Waals surface area contributed by atoms with Crippen LogP contribution in [0.5, 0.6) is 0 Å². The Labute approximate surface area is 124 Å². The van der Waals surface area contributed by atoms with Gasteiger partial charge in [0.05, 0.1) is 10.6 Å². The van der Waals surface area contributed by atoms with Crippen LogP contribution in [0, 0.1) is 0 Å². The van der Waals surface area contributed by atoms with Gasteiger partial charge in [0.1, 0.15) is 11.0 Å². The summed E-state index contributed by atoms with van der Waals surface area (Å²) in [4.78, 5) is 13.5. The Bertz CT molecular complexity index is 800. The predicted molar refractivity (Wildman–Crippen MR) is 77.7 cm³/mol. The lowest BCUT2D eigenvalue weighted by Gasteiger charge is -2.06. The summed E-state index contributed by atoms with van der Waals surface area (Å²) in [6.07, 6.45) is 0. The number of halogens is 2. The lowest BCUT2D eigenvalue weighted by atomic mass is 10.2. The Balaban J connectivity index is 1.92. The molecule has 1 aromatic heterocycles. The Morgan fingerprint density at radius 3 is 2.75 bits per heavy atom. The van der Waals surface area contributed by atoms with Crippen molar-refractivity contribution in [2.24, 2.45) is 0 Å². The number of amides is 1. The first-order valence-corrected chi connectivity index (χ1v) is 6.47. The molecule has 0 radical (unpaired) electrons. The smallest absolute Gasteiger partial charge is 0.267 e. The van der Waals surface area contributed by atoms with Gasteiger partial charge in [0, 0.05) is 5.02 Å². The van der Waals surface area contributed by atoms with E-state index < -0.39 is 0 Å². The van der Waals surface area contributed by atoms with Crippen LogP contribution in [-0.4, -0.2) is 21.0 Å². The van der Waals surface area contributed by atoms with Crippen molar-refractivity contribution in [3.05, 3.63) is 58.1 Å². The van der Waals surface area contributed by atoms with E-state index in [9.17, 15) is 4.79 Å². The number of nitrogens with one attached hydrogen (secondary N) is 1. The second-order valence-corrected chi connectivity index (χ2v) is 4.90. The third kappa shape index (κ3) is 2.33. The van der Waals surface area contributed by atoms with Crippen LogP contribution in [0.25, 0.3) is 11.0 Å². The van der Waals surface area contributed by atoms with Crippen LogP contribution < -0.4 is 5.43 Å². The number of hydrogen-bond donors (Lipinski definition) is 1. The van der Waals surface area contributed by atoms with Gasteiger partial charge in [-0.2, -0.15) is 4.79 Å². The maximum atomic E-state index is 12.2. The van der Waals surface area contributed by atoms with Crippen molar-refractivity contribution in [3.63, 3.8) is 0 Å². The first-order valence-electron chi connectivity index (χ1n) is 5.72. The van der Waals surface area contributed by atoms with Crippen LogP contribution in [0.3, 0.4) is 0 Å². The number of carbonyl (C=O) groups excluding carboxylic acids is 1. The molecule has 5 nitrogen and oxygen atoms in total. The number of para-hydroxylation sites is 1. The minimum absolute atomic E-state index is 0.277. The minimum atomic E-state index is -0.387. The highest BCUT2D eigenvalue weighted by atomic mass is 35.5. The van der Waals surface area contributed by atoms with Crippen LogP contribution in [0.4, 0.5) is 0 Å². The molecule has 0 saturated heterocycles. The van der Waals surface area contributed by atoms with E-state index in [4.69, 9.17) is 23.2 Å². The Morgan fingerprint density at radius 1 is 1.15 bits per heavy atom. The van der Waals surface area contributed by atoms with Crippen LogP contribution in [0.15, 0.2) is 42.5 Å². The molecule has 20 heavy (non-hydrogen) atoms. The second-order valence-electron chi connectivity index (χ2n) is 4.06. The lowest BCUT2D eigenvalue weighted by molar-refractivity contribution is 0.101. The van der Waals surface area contributed by atoms with E-state index in [1.807, 2.05) is 12.1 Å². The van der Waals surface area contributed by atoms with Crippen LogP contribution in [0.1, 0.15) is 10.4 Å². The van der Waals surface area contributed by atoms with E-state index in [1.165, 1.54) is 10.9 Å². The van der Waals surface area contributed by atoms with E-state index in [0.717, 1.165) is 0 Å². The summed E-state index contributed by atoms with van der Waals surface area (Å²) in [7, 11) is 0. The number of fused-ring (bicyclic) bond motifs is 1. The SMILES string of the molecule is O=C(Nn1nnc2ccccc21)c1ccc(Cl)cc1Cl. The first-order chi connectivity index (χ1) is 9.65. The quantitative estimate of drug-likeness (QED) is 0.791. The molecular formula is C13H8Cl2N4O. The molecule has 0 saturated carbocycles. The molecule has 3 aromatic rings. The molecule has 100 valence electrons. The monoisotopic (exact) mass is 306 g/mol. The van der Waals surface area contributed by atoms with Gasteiger partial charge in [-0.05, 0) is 35.5 Å². The normalized spacial score (nSPS) is 10.7. The molecule has 7 heteroatoms. The molecule has 0 bridgehead atoms. The molecule has 0 atom stereocenters. The third-order valence-electron chi connectivity index (χ3n) is 2.74. The van der Waals surface area contributed by atoms with Gasteiger partial charge >= 0.3 is 0 Å². The fourth-order valence-corrected chi connectivity index (χ4v) is 2.28. The lowest BCUT2D eigenvalue weighted by Crippen LogP contribution is -2.24. The van der Waals surface area contributed by atoms with E-state index >= 15 is 0 Å². The Morgan fingerprint density at radius 2 is 1.95 bits per heavy atom. The van der Waals surface area contributed by atoms with Gasteiger partial charge in [-0.15, -0.1) is 5.10 Å². The van der Waals surface area contributed by atoms with Crippen LogP contribution >= 0.6 is 23.2 Å². The highest BCUT2D eigenvalue weighted by Gasteiger charge is 2.13. The van der Waals surface area contributed by atoms with E-state index in [0.29, 0.717) is 21.6 Å². The number of benzene rings is 2. The molecule has 1 heterocycles. The zero-order valence-corrected chi connectivity index (χ0v) is 11.6. The van der Waals surface area contributed by atoms with Gasteiger partial charge in [0.2, 0.25) is 0 Å². The second kappa shape index (κ2) is 5.11. The molecule has 0 aliphatic carbocycles. The van der Waals surface area contributed by atoms with Crippen molar-refractivity contribution >= 4 is 40.1 Å². The van der Waals surface area contributed by atoms with E-state index in [2.05, 4.69) is 15.7 Å². The fraction of sp³-hybridized carbons (Fsp3) is 0. The summed E-state index contributed by atoms with van der Waals surface area (Å²) in [5.74, 6) is -0.387. The molecule has 0 spiro atoms. The molecule has 3 rings (SSSR count). The molecule has 0 aliphatic heterocycles. The molecule has 0 aliphatic rings. The molecule has 2 aromatic carbocycles. The Hall–Kier alpha value is -2.11. The predicted octanol–water partition coefficient (Wildman–Crippen LogP) is 3.12. The topological polar surface area (TPSA) is 59.8 Å². The van der Waals surface area contributed by atoms with Gasteiger partial charge in [-0.1, -0.05) is 35.3 Å². The average Bonchev–Trinajstić information content (AvgIpc) is 2.82. The van der Waals surface area contributed by atoms with Gasteiger partial charge in [-0.3, -0.25) is 4.79 Å². The fourth-order valence-electron chi connectivity index (χ4n) is 1.78. The average molecular weight is 307 g/mol. The van der Waals surface area contributed by atoms with Crippen molar-refractivity contribution in [1.82, 2.24) is 15.1 Å². The largest absolute Gasteiger partial charge is 0.272 e. The minimum Gasteiger partial charge on any atom is -0.267 e. The van der Waals surface area contributed by atoms with Crippen molar-refractivity contribution in [1.29, 1.82) is 0 Å². The summed E-state index contributed by atoms with van der Waals surface area (Å²) in [5.41, 5.74) is 4.32. The van der Waals surface area contributed by atoms with Crippen molar-refractivity contribution < 1.29 is 4.79 Å². The summed E-state index contributed by atoms with van der Waals surface area (Å²) in [5, 5.41) is 8.57. The van der Waals surface area contributed by atoms with Gasteiger partial charge in [-0.25, -0.2) is 5.43 Å². The molecule has 0 fully saturated rings. The Kier molecular flexibility index (Phi) is 3.30. The maximum absolute atomic E-state index is 12.2. The highest BCUT2D eigenvalue weighted by Crippen LogP contribution is 2.21. The number of rotatable bonds is 2. The zero-order chi connectivity index (χ0) is 14.1. The third-order valence-corrected chi connectivity index (χ3v) is 3.28.